The van der Waals surface area contributed by atoms with Gasteiger partial charge in [0.25, 0.3) is 0 Å². The minimum Gasteiger partial charge on any atom is -0.497 e. The highest BCUT2D eigenvalue weighted by molar-refractivity contribution is 7.99. The van der Waals surface area contributed by atoms with Crippen molar-refractivity contribution >= 4 is 17.7 Å². The first kappa shape index (κ1) is 21.8. The van der Waals surface area contributed by atoms with E-state index in [4.69, 9.17) is 9.47 Å². The Hall–Kier alpha value is -2.48. The molecule has 0 saturated carbocycles. The summed E-state index contributed by atoms with van der Waals surface area (Å²) in [5.74, 6) is 2.43. The van der Waals surface area contributed by atoms with Crippen LogP contribution in [0.25, 0.3) is 0 Å². The largest absolute Gasteiger partial charge is 0.497 e. The lowest BCUT2D eigenvalue weighted by Gasteiger charge is -2.16. The van der Waals surface area contributed by atoms with Gasteiger partial charge in [-0.15, -0.1) is 16.8 Å². The predicted octanol–water partition coefficient (Wildman–Crippen LogP) is 3.62. The van der Waals surface area contributed by atoms with Crippen molar-refractivity contribution in [2.75, 3.05) is 12.9 Å². The highest BCUT2D eigenvalue weighted by atomic mass is 32.2. The summed E-state index contributed by atoms with van der Waals surface area (Å²) in [5.41, 5.74) is 0. The first-order valence-corrected chi connectivity index (χ1v) is 10.2. The molecule has 2 unspecified atom stereocenters. The SMILES string of the molecule is C=CCn1c(SCC(=O)NC(C)CC)nnc1C(C)Oc1ccc(OC)cc1. The van der Waals surface area contributed by atoms with E-state index in [2.05, 4.69) is 22.1 Å². The van der Waals surface area contributed by atoms with Gasteiger partial charge in [0.1, 0.15) is 11.5 Å². The zero-order chi connectivity index (χ0) is 20.5. The lowest BCUT2D eigenvalue weighted by Crippen LogP contribution is -2.33. The van der Waals surface area contributed by atoms with Gasteiger partial charge in [-0.1, -0.05) is 24.8 Å². The van der Waals surface area contributed by atoms with Gasteiger partial charge in [-0.25, -0.2) is 0 Å². The van der Waals surface area contributed by atoms with Gasteiger partial charge in [-0.3, -0.25) is 9.36 Å². The highest BCUT2D eigenvalue weighted by Crippen LogP contribution is 2.26. The van der Waals surface area contributed by atoms with Crippen LogP contribution in [0.1, 0.15) is 39.1 Å². The van der Waals surface area contributed by atoms with Gasteiger partial charge in [0, 0.05) is 12.6 Å². The van der Waals surface area contributed by atoms with Gasteiger partial charge in [-0.05, 0) is 44.5 Å². The third-order valence-electron chi connectivity index (χ3n) is 4.15. The Kier molecular flexibility index (Phi) is 8.38. The average molecular weight is 405 g/mol. The molecule has 1 heterocycles. The van der Waals surface area contributed by atoms with Crippen molar-refractivity contribution in [3.05, 3.63) is 42.7 Å². The summed E-state index contributed by atoms with van der Waals surface area (Å²) in [6, 6.07) is 7.53. The molecule has 0 bridgehead atoms. The molecule has 152 valence electrons. The number of aromatic nitrogens is 3. The Balaban J connectivity index is 2.07. The van der Waals surface area contributed by atoms with Gasteiger partial charge >= 0.3 is 0 Å². The van der Waals surface area contributed by atoms with Crippen LogP contribution in [0.2, 0.25) is 0 Å². The molecule has 0 spiro atoms. The van der Waals surface area contributed by atoms with E-state index < -0.39 is 0 Å². The van der Waals surface area contributed by atoms with Gasteiger partial charge in [0.15, 0.2) is 17.1 Å². The second-order valence-corrected chi connectivity index (χ2v) is 7.28. The Labute approximate surface area is 170 Å². The molecule has 1 aromatic carbocycles. The minimum atomic E-state index is -0.316. The third kappa shape index (κ3) is 6.02. The normalized spacial score (nSPS) is 12.9. The number of allylic oxidation sites excluding steroid dienone is 1. The Bertz CT molecular complexity index is 776. The van der Waals surface area contributed by atoms with Crippen molar-refractivity contribution in [1.29, 1.82) is 0 Å². The molecule has 1 N–H and O–H groups in total. The molecule has 0 fully saturated rings. The maximum atomic E-state index is 12.0. The molecule has 2 aromatic rings. The fourth-order valence-electron chi connectivity index (χ4n) is 2.47. The van der Waals surface area contributed by atoms with Crippen LogP contribution >= 0.6 is 11.8 Å². The summed E-state index contributed by atoms with van der Waals surface area (Å²) in [4.78, 5) is 12.0. The van der Waals surface area contributed by atoms with Crippen LogP contribution in [-0.2, 0) is 11.3 Å². The molecule has 8 heteroatoms. The number of benzene rings is 1. The summed E-state index contributed by atoms with van der Waals surface area (Å²) < 4.78 is 13.1. The second kappa shape index (κ2) is 10.8. The van der Waals surface area contributed by atoms with E-state index in [-0.39, 0.29) is 23.8 Å². The molecule has 0 aliphatic rings. The van der Waals surface area contributed by atoms with Crippen LogP contribution in [-0.4, -0.2) is 39.6 Å². The van der Waals surface area contributed by atoms with Crippen molar-refractivity contribution in [1.82, 2.24) is 20.1 Å². The van der Waals surface area contributed by atoms with Crippen LogP contribution in [0.5, 0.6) is 11.5 Å². The number of rotatable bonds is 11. The van der Waals surface area contributed by atoms with E-state index in [0.29, 0.717) is 23.3 Å². The minimum absolute atomic E-state index is 0.0171. The number of methoxy groups -OCH3 is 1. The molecular formula is C20H28N4O3S. The van der Waals surface area contributed by atoms with Gasteiger partial charge in [-0.2, -0.15) is 0 Å². The van der Waals surface area contributed by atoms with E-state index in [1.54, 1.807) is 13.2 Å². The number of nitrogens with one attached hydrogen (secondary N) is 1. The number of nitrogens with zero attached hydrogens (tertiary/aromatic N) is 3. The van der Waals surface area contributed by atoms with Crippen molar-refractivity contribution in [3.63, 3.8) is 0 Å². The Morgan fingerprint density at radius 3 is 2.57 bits per heavy atom. The molecule has 1 amide bonds. The molecular weight excluding hydrogens is 376 g/mol. The molecule has 2 rings (SSSR count). The zero-order valence-corrected chi connectivity index (χ0v) is 17.7. The van der Waals surface area contributed by atoms with Crippen molar-refractivity contribution in [3.8, 4) is 11.5 Å². The number of amides is 1. The molecule has 2 atom stereocenters. The molecule has 0 aliphatic heterocycles. The number of thioether (sulfide) groups is 1. The highest BCUT2D eigenvalue weighted by Gasteiger charge is 2.20. The fourth-order valence-corrected chi connectivity index (χ4v) is 3.23. The van der Waals surface area contributed by atoms with Crippen LogP contribution in [0.3, 0.4) is 0 Å². The molecule has 0 radical (unpaired) electrons. The topological polar surface area (TPSA) is 78.3 Å². The summed E-state index contributed by atoms with van der Waals surface area (Å²) in [6.07, 6.45) is 2.35. The van der Waals surface area contributed by atoms with E-state index in [9.17, 15) is 4.79 Å². The number of hydrogen-bond donors (Lipinski definition) is 1. The first-order valence-electron chi connectivity index (χ1n) is 9.25. The number of ether oxygens (including phenoxy) is 2. The lowest BCUT2D eigenvalue weighted by atomic mass is 10.3. The van der Waals surface area contributed by atoms with Crippen molar-refractivity contribution in [2.45, 2.75) is 51.0 Å². The lowest BCUT2D eigenvalue weighted by molar-refractivity contribution is -0.119. The van der Waals surface area contributed by atoms with Crippen molar-refractivity contribution in [2.24, 2.45) is 0 Å². The summed E-state index contributed by atoms with van der Waals surface area (Å²) in [6.45, 7) is 10.3. The van der Waals surface area contributed by atoms with Gasteiger partial charge in [0.05, 0.1) is 12.9 Å². The second-order valence-electron chi connectivity index (χ2n) is 6.34. The van der Waals surface area contributed by atoms with E-state index in [1.165, 1.54) is 11.8 Å². The van der Waals surface area contributed by atoms with Crippen LogP contribution in [0.4, 0.5) is 0 Å². The van der Waals surface area contributed by atoms with Gasteiger partial charge < -0.3 is 14.8 Å². The Morgan fingerprint density at radius 2 is 1.96 bits per heavy atom. The number of hydrogen-bond acceptors (Lipinski definition) is 6. The fraction of sp³-hybridized carbons (Fsp3) is 0.450. The quantitative estimate of drug-likeness (QED) is 0.455. The molecule has 0 aliphatic carbocycles. The van der Waals surface area contributed by atoms with Crippen molar-refractivity contribution < 1.29 is 14.3 Å². The van der Waals surface area contributed by atoms with E-state index in [1.807, 2.05) is 49.6 Å². The van der Waals surface area contributed by atoms with Crippen LogP contribution in [0, 0.1) is 0 Å². The first-order chi connectivity index (χ1) is 13.5. The Morgan fingerprint density at radius 1 is 1.29 bits per heavy atom. The molecule has 7 nitrogen and oxygen atoms in total. The summed E-state index contributed by atoms with van der Waals surface area (Å²) >= 11 is 1.35. The zero-order valence-electron chi connectivity index (χ0n) is 16.8. The van der Waals surface area contributed by atoms with E-state index in [0.717, 1.165) is 12.2 Å². The maximum Gasteiger partial charge on any atom is 0.230 e. The van der Waals surface area contributed by atoms with Crippen LogP contribution in [0.15, 0.2) is 42.1 Å². The predicted molar refractivity (Wildman–Crippen MR) is 111 cm³/mol. The summed E-state index contributed by atoms with van der Waals surface area (Å²) in [7, 11) is 1.62. The smallest absolute Gasteiger partial charge is 0.230 e. The third-order valence-corrected chi connectivity index (χ3v) is 5.11. The van der Waals surface area contributed by atoms with E-state index >= 15 is 0 Å². The standard InChI is InChI=1S/C20H28N4O3S/c1-6-12-24-19(15(4)27-17-10-8-16(26-5)9-11-17)22-23-20(24)28-13-18(25)21-14(3)7-2/h6,8-11,14-15H,1,7,12-13H2,2-5H3,(H,21,25). The van der Waals surface area contributed by atoms with Crippen LogP contribution < -0.4 is 14.8 Å². The molecule has 1 aromatic heterocycles. The molecule has 28 heavy (non-hydrogen) atoms. The molecule has 0 saturated heterocycles. The number of carbonyl (C=O) groups excluding carboxylic acids is 1. The summed E-state index contributed by atoms with van der Waals surface area (Å²) in [5, 5.41) is 12.1. The average Bonchev–Trinajstić information content (AvgIpc) is 3.10. The monoisotopic (exact) mass is 404 g/mol. The maximum absolute atomic E-state index is 12.0. The van der Waals surface area contributed by atoms with Gasteiger partial charge in [0.2, 0.25) is 5.91 Å². The number of carbonyl (C=O) groups is 1.